The van der Waals surface area contributed by atoms with Crippen molar-refractivity contribution < 1.29 is 9.59 Å². The van der Waals surface area contributed by atoms with Crippen LogP contribution in [0.4, 0.5) is 0 Å². The number of rotatable bonds is 2. The Balaban J connectivity index is 1.71. The number of amides is 2. The van der Waals surface area contributed by atoms with Gasteiger partial charge in [-0.3, -0.25) is 9.59 Å². The molecule has 2 heterocycles. The first-order chi connectivity index (χ1) is 12.1. The number of carbonyl (C=O) groups is 2. The number of carbonyl (C=O) groups excluding carboxylic acids is 2. The van der Waals surface area contributed by atoms with E-state index in [1.54, 1.807) is 24.3 Å². The third-order valence-electron chi connectivity index (χ3n) is 4.11. The zero-order valence-electron chi connectivity index (χ0n) is 13.2. The van der Waals surface area contributed by atoms with Crippen molar-refractivity contribution in [3.05, 3.63) is 75.9 Å². The average molecular weight is 350 g/mol. The van der Waals surface area contributed by atoms with E-state index in [1.807, 2.05) is 31.2 Å². The molecule has 6 heteroatoms. The number of aromatic nitrogens is 1. The highest BCUT2D eigenvalue weighted by molar-refractivity contribution is 6.32. The summed E-state index contributed by atoms with van der Waals surface area (Å²) in [6.07, 6.45) is 1.39. The SMILES string of the molecule is Cc1cccc2cc(/C=N\N3C(=O)c4ccccc4C3=O)c(Cl)nc12. The molecule has 0 saturated heterocycles. The monoisotopic (exact) mass is 349 g/mol. The normalized spacial score (nSPS) is 13.9. The molecule has 1 aliphatic heterocycles. The Labute approximate surface area is 148 Å². The molecule has 25 heavy (non-hydrogen) atoms. The van der Waals surface area contributed by atoms with Crippen molar-refractivity contribution in [3.63, 3.8) is 0 Å². The summed E-state index contributed by atoms with van der Waals surface area (Å²) in [5.74, 6) is -0.893. The lowest BCUT2D eigenvalue weighted by Crippen LogP contribution is -2.24. The number of para-hydroxylation sites is 1. The molecule has 4 rings (SSSR count). The van der Waals surface area contributed by atoms with Crippen LogP contribution in [-0.4, -0.2) is 28.0 Å². The number of halogens is 1. The maximum atomic E-state index is 12.3. The van der Waals surface area contributed by atoms with Crippen LogP contribution in [0, 0.1) is 6.92 Å². The molecular formula is C19H12ClN3O2. The number of hydrogen-bond acceptors (Lipinski definition) is 4. The lowest BCUT2D eigenvalue weighted by atomic mass is 10.1. The summed E-state index contributed by atoms with van der Waals surface area (Å²) in [6, 6.07) is 14.3. The average Bonchev–Trinajstić information content (AvgIpc) is 2.86. The Hall–Kier alpha value is -3.05. The van der Waals surface area contributed by atoms with Gasteiger partial charge < -0.3 is 0 Å². The summed E-state index contributed by atoms with van der Waals surface area (Å²) in [5.41, 5.74) is 3.07. The summed E-state index contributed by atoms with van der Waals surface area (Å²) in [4.78, 5) is 29.0. The fourth-order valence-electron chi connectivity index (χ4n) is 2.83. The van der Waals surface area contributed by atoms with Gasteiger partial charge in [-0.05, 0) is 30.7 Å². The third kappa shape index (κ3) is 2.49. The van der Waals surface area contributed by atoms with Crippen molar-refractivity contribution in [2.45, 2.75) is 6.92 Å². The highest BCUT2D eigenvalue weighted by atomic mass is 35.5. The Kier molecular flexibility index (Phi) is 3.58. The minimum atomic E-state index is -0.447. The standard InChI is InChI=1S/C19H12ClN3O2/c1-11-5-4-6-12-9-13(17(20)22-16(11)12)10-21-23-18(24)14-7-2-3-8-15(14)19(23)25/h2-10H,1H3/b21-10-. The van der Waals surface area contributed by atoms with E-state index < -0.39 is 11.8 Å². The maximum Gasteiger partial charge on any atom is 0.282 e. The number of fused-ring (bicyclic) bond motifs is 2. The van der Waals surface area contributed by atoms with Gasteiger partial charge in [0, 0.05) is 10.9 Å². The van der Waals surface area contributed by atoms with Crippen LogP contribution in [0.3, 0.4) is 0 Å². The van der Waals surface area contributed by atoms with Crippen LogP contribution in [0.15, 0.2) is 53.6 Å². The van der Waals surface area contributed by atoms with Gasteiger partial charge >= 0.3 is 0 Å². The molecule has 0 bridgehead atoms. The molecule has 122 valence electrons. The molecule has 0 saturated carbocycles. The molecule has 2 amide bonds. The van der Waals surface area contributed by atoms with E-state index in [4.69, 9.17) is 11.6 Å². The van der Waals surface area contributed by atoms with E-state index in [9.17, 15) is 9.59 Å². The molecular weight excluding hydrogens is 338 g/mol. The van der Waals surface area contributed by atoms with Gasteiger partial charge in [-0.2, -0.15) is 10.1 Å². The van der Waals surface area contributed by atoms with Crippen LogP contribution in [0.1, 0.15) is 31.8 Å². The van der Waals surface area contributed by atoms with Gasteiger partial charge in [0.1, 0.15) is 5.15 Å². The van der Waals surface area contributed by atoms with E-state index in [0.717, 1.165) is 21.5 Å². The van der Waals surface area contributed by atoms with Gasteiger partial charge in [-0.15, -0.1) is 0 Å². The maximum absolute atomic E-state index is 12.3. The van der Waals surface area contributed by atoms with Gasteiger partial charge in [-0.1, -0.05) is 41.9 Å². The topological polar surface area (TPSA) is 62.6 Å². The van der Waals surface area contributed by atoms with Gasteiger partial charge in [-0.25, -0.2) is 4.98 Å². The molecule has 0 atom stereocenters. The highest BCUT2D eigenvalue weighted by Gasteiger charge is 2.35. The Bertz CT molecular complexity index is 1040. The summed E-state index contributed by atoms with van der Waals surface area (Å²) < 4.78 is 0. The second-order valence-corrected chi connectivity index (χ2v) is 6.09. The van der Waals surface area contributed by atoms with E-state index in [0.29, 0.717) is 16.7 Å². The van der Waals surface area contributed by atoms with Crippen LogP contribution < -0.4 is 0 Å². The second-order valence-electron chi connectivity index (χ2n) is 5.73. The van der Waals surface area contributed by atoms with E-state index in [1.165, 1.54) is 6.21 Å². The zero-order chi connectivity index (χ0) is 17.6. The Morgan fingerprint density at radius 2 is 1.72 bits per heavy atom. The number of hydrazone groups is 1. The fourth-order valence-corrected chi connectivity index (χ4v) is 3.02. The van der Waals surface area contributed by atoms with Crippen molar-refractivity contribution in [1.29, 1.82) is 0 Å². The molecule has 0 N–H and O–H groups in total. The van der Waals surface area contributed by atoms with Crippen LogP contribution in [0.5, 0.6) is 0 Å². The van der Waals surface area contributed by atoms with E-state index >= 15 is 0 Å². The predicted octanol–water partition coefficient (Wildman–Crippen LogP) is 3.83. The first kappa shape index (κ1) is 15.5. The first-order valence-electron chi connectivity index (χ1n) is 7.64. The van der Waals surface area contributed by atoms with E-state index in [-0.39, 0.29) is 5.15 Å². The molecule has 0 spiro atoms. The van der Waals surface area contributed by atoms with Crippen molar-refractivity contribution in [1.82, 2.24) is 9.99 Å². The summed E-state index contributed by atoms with van der Waals surface area (Å²) in [7, 11) is 0. The highest BCUT2D eigenvalue weighted by Crippen LogP contribution is 2.24. The van der Waals surface area contributed by atoms with Gasteiger partial charge in [0.05, 0.1) is 22.9 Å². The first-order valence-corrected chi connectivity index (χ1v) is 8.02. The van der Waals surface area contributed by atoms with Crippen LogP contribution in [-0.2, 0) is 0 Å². The van der Waals surface area contributed by atoms with Crippen molar-refractivity contribution in [2.24, 2.45) is 5.10 Å². The molecule has 3 aromatic rings. The lowest BCUT2D eigenvalue weighted by Gasteiger charge is -2.07. The third-order valence-corrected chi connectivity index (χ3v) is 4.42. The number of benzene rings is 2. The number of imide groups is 1. The van der Waals surface area contributed by atoms with Gasteiger partial charge in [0.25, 0.3) is 11.8 Å². The van der Waals surface area contributed by atoms with Crippen LogP contribution >= 0.6 is 11.6 Å². The van der Waals surface area contributed by atoms with Gasteiger partial charge in [0.15, 0.2) is 0 Å². The molecule has 0 aliphatic carbocycles. The molecule has 5 nitrogen and oxygen atoms in total. The van der Waals surface area contributed by atoms with Crippen LogP contribution in [0.2, 0.25) is 5.15 Å². The summed E-state index contributed by atoms with van der Waals surface area (Å²) >= 11 is 6.23. The van der Waals surface area contributed by atoms with Crippen molar-refractivity contribution >= 4 is 40.5 Å². The number of pyridine rings is 1. The molecule has 2 aromatic carbocycles. The lowest BCUT2D eigenvalue weighted by molar-refractivity contribution is 0.0660. The smallest absolute Gasteiger partial charge is 0.267 e. The largest absolute Gasteiger partial charge is 0.282 e. The summed E-state index contributed by atoms with van der Waals surface area (Å²) in [5, 5.41) is 6.07. The molecule has 1 aliphatic rings. The number of nitrogens with zero attached hydrogens (tertiary/aromatic N) is 3. The number of hydrogen-bond donors (Lipinski definition) is 0. The summed E-state index contributed by atoms with van der Waals surface area (Å²) in [6.45, 7) is 1.96. The van der Waals surface area contributed by atoms with Gasteiger partial charge in [0.2, 0.25) is 0 Å². The second kappa shape index (κ2) is 5.79. The van der Waals surface area contributed by atoms with E-state index in [2.05, 4.69) is 10.1 Å². The quantitative estimate of drug-likeness (QED) is 0.401. The Morgan fingerprint density at radius 3 is 2.40 bits per heavy atom. The van der Waals surface area contributed by atoms with Crippen molar-refractivity contribution in [3.8, 4) is 0 Å². The predicted molar refractivity (Wildman–Crippen MR) is 96.0 cm³/mol. The Morgan fingerprint density at radius 1 is 1.04 bits per heavy atom. The van der Waals surface area contributed by atoms with Crippen molar-refractivity contribution in [2.75, 3.05) is 0 Å². The molecule has 0 fully saturated rings. The number of aryl methyl sites for hydroxylation is 1. The molecule has 0 unspecified atom stereocenters. The minimum Gasteiger partial charge on any atom is -0.267 e. The molecule has 0 radical (unpaired) electrons. The fraction of sp³-hybridized carbons (Fsp3) is 0.0526. The minimum absolute atomic E-state index is 0.266. The zero-order valence-corrected chi connectivity index (χ0v) is 14.0. The molecule has 1 aromatic heterocycles. The van der Waals surface area contributed by atoms with Crippen LogP contribution in [0.25, 0.3) is 10.9 Å².